The van der Waals surface area contributed by atoms with Crippen LogP contribution in [0.2, 0.25) is 0 Å². The van der Waals surface area contributed by atoms with Gasteiger partial charge in [-0.3, -0.25) is 9.69 Å². The summed E-state index contributed by atoms with van der Waals surface area (Å²) < 4.78 is 34.1. The van der Waals surface area contributed by atoms with Gasteiger partial charge in [-0.05, 0) is 43.9 Å². The highest BCUT2D eigenvalue weighted by Crippen LogP contribution is 2.22. The van der Waals surface area contributed by atoms with Crippen molar-refractivity contribution >= 4 is 15.9 Å². The maximum atomic E-state index is 13.2. The molecule has 1 aliphatic heterocycles. The van der Waals surface area contributed by atoms with Crippen molar-refractivity contribution in [2.24, 2.45) is 5.92 Å². The van der Waals surface area contributed by atoms with Crippen LogP contribution in [0.3, 0.4) is 0 Å². The summed E-state index contributed by atoms with van der Waals surface area (Å²) in [5, 5.41) is 3.04. The van der Waals surface area contributed by atoms with Crippen LogP contribution in [0, 0.1) is 19.8 Å². The molecule has 1 amide bonds. The van der Waals surface area contributed by atoms with Gasteiger partial charge in [-0.1, -0.05) is 61.4 Å². The van der Waals surface area contributed by atoms with E-state index in [0.29, 0.717) is 26.2 Å². The van der Waals surface area contributed by atoms with E-state index < -0.39 is 16.1 Å². The van der Waals surface area contributed by atoms with E-state index in [1.807, 2.05) is 26.8 Å². The normalized spacial score (nSPS) is 16.9. The third-order valence-corrected chi connectivity index (χ3v) is 7.52. The lowest BCUT2D eigenvalue weighted by Crippen LogP contribution is -2.50. The van der Waals surface area contributed by atoms with Crippen molar-refractivity contribution in [2.75, 3.05) is 32.8 Å². The van der Waals surface area contributed by atoms with Gasteiger partial charge in [-0.2, -0.15) is 4.72 Å². The molecule has 34 heavy (non-hydrogen) atoms. The smallest absolute Gasteiger partial charge is 0.241 e. The molecule has 2 aromatic rings. The number of ether oxygens (including phenoxy) is 1. The summed E-state index contributed by atoms with van der Waals surface area (Å²) in [5.74, 6) is -0.168. The van der Waals surface area contributed by atoms with Crippen molar-refractivity contribution in [1.82, 2.24) is 14.9 Å². The summed E-state index contributed by atoms with van der Waals surface area (Å²) in [4.78, 5) is 15.7. The molecule has 8 heteroatoms. The fourth-order valence-corrected chi connectivity index (χ4v) is 5.41. The molecule has 1 fully saturated rings. The molecule has 0 aliphatic carbocycles. The van der Waals surface area contributed by atoms with E-state index in [0.717, 1.165) is 29.8 Å². The minimum Gasteiger partial charge on any atom is -0.379 e. The molecule has 2 N–H and O–H groups in total. The predicted octanol–water partition coefficient (Wildman–Crippen LogP) is 3.19. The maximum Gasteiger partial charge on any atom is 0.241 e. The molecule has 0 bridgehead atoms. The average Bonchev–Trinajstić information content (AvgIpc) is 2.79. The Balaban J connectivity index is 1.75. The molecule has 0 radical (unpaired) electrons. The first-order chi connectivity index (χ1) is 16.2. The van der Waals surface area contributed by atoms with Gasteiger partial charge in [0.05, 0.1) is 24.2 Å². The summed E-state index contributed by atoms with van der Waals surface area (Å²) in [6.45, 7) is 11.2. The molecule has 0 spiro atoms. The van der Waals surface area contributed by atoms with Crippen molar-refractivity contribution < 1.29 is 17.9 Å². The van der Waals surface area contributed by atoms with E-state index in [2.05, 4.69) is 40.1 Å². The summed E-state index contributed by atoms with van der Waals surface area (Å²) in [6, 6.07) is 14.1. The fourth-order valence-electron chi connectivity index (χ4n) is 4.20. The molecule has 3 rings (SSSR count). The Labute approximate surface area is 203 Å². The lowest BCUT2D eigenvalue weighted by atomic mass is 10.0. The Bertz CT molecular complexity index is 1050. The van der Waals surface area contributed by atoms with E-state index in [4.69, 9.17) is 4.74 Å². The lowest BCUT2D eigenvalue weighted by molar-refractivity contribution is -0.123. The van der Waals surface area contributed by atoms with Gasteiger partial charge in [-0.15, -0.1) is 0 Å². The molecule has 0 saturated carbocycles. The highest BCUT2D eigenvalue weighted by Gasteiger charge is 2.29. The summed E-state index contributed by atoms with van der Waals surface area (Å²) >= 11 is 0. The minimum atomic E-state index is -3.82. The first kappa shape index (κ1) is 26.3. The first-order valence-corrected chi connectivity index (χ1v) is 13.4. The number of hydrogen-bond donors (Lipinski definition) is 2. The van der Waals surface area contributed by atoms with Crippen LogP contribution in [-0.4, -0.2) is 58.1 Å². The molecule has 2 aromatic carbocycles. The number of hydrogen-bond acceptors (Lipinski definition) is 5. The second-order valence-electron chi connectivity index (χ2n) is 9.44. The highest BCUT2D eigenvalue weighted by molar-refractivity contribution is 7.89. The van der Waals surface area contributed by atoms with E-state index in [1.54, 1.807) is 24.3 Å². The third kappa shape index (κ3) is 7.37. The SMILES string of the molecule is Cc1ccc(S(=O)(=O)NC(CC(C)C)C(=O)NCC(c2cccc(C)c2)N2CCOCC2)cc1. The largest absolute Gasteiger partial charge is 0.379 e. The zero-order valence-electron chi connectivity index (χ0n) is 20.6. The number of nitrogens with zero attached hydrogens (tertiary/aromatic N) is 1. The topological polar surface area (TPSA) is 87.7 Å². The second-order valence-corrected chi connectivity index (χ2v) is 11.2. The Morgan fingerprint density at radius 1 is 1.03 bits per heavy atom. The van der Waals surface area contributed by atoms with Crippen molar-refractivity contribution in [1.29, 1.82) is 0 Å². The molecule has 186 valence electrons. The summed E-state index contributed by atoms with van der Waals surface area (Å²) in [7, 11) is -3.82. The molecule has 1 aliphatic rings. The number of carbonyl (C=O) groups is 1. The number of sulfonamides is 1. The van der Waals surface area contributed by atoms with Crippen LogP contribution in [0.4, 0.5) is 0 Å². The molecule has 1 heterocycles. The van der Waals surface area contributed by atoms with Gasteiger partial charge in [0.15, 0.2) is 0 Å². The van der Waals surface area contributed by atoms with Gasteiger partial charge in [0.2, 0.25) is 15.9 Å². The van der Waals surface area contributed by atoms with Crippen LogP contribution in [0.15, 0.2) is 53.4 Å². The number of aryl methyl sites for hydroxylation is 2. The van der Waals surface area contributed by atoms with Crippen LogP contribution in [0.5, 0.6) is 0 Å². The van der Waals surface area contributed by atoms with E-state index in [9.17, 15) is 13.2 Å². The van der Waals surface area contributed by atoms with Crippen LogP contribution in [0.25, 0.3) is 0 Å². The monoisotopic (exact) mass is 487 g/mol. The van der Waals surface area contributed by atoms with Gasteiger partial charge >= 0.3 is 0 Å². The number of rotatable bonds is 10. The van der Waals surface area contributed by atoms with Crippen molar-refractivity contribution in [3.05, 3.63) is 65.2 Å². The number of morpholine rings is 1. The third-order valence-electron chi connectivity index (χ3n) is 6.04. The van der Waals surface area contributed by atoms with E-state index in [1.165, 1.54) is 0 Å². The fraction of sp³-hybridized carbons (Fsp3) is 0.500. The van der Waals surface area contributed by atoms with Crippen molar-refractivity contribution in [3.8, 4) is 0 Å². The van der Waals surface area contributed by atoms with Crippen molar-refractivity contribution in [3.63, 3.8) is 0 Å². The standard InChI is InChI=1S/C26H37N3O4S/c1-19(2)16-24(28-34(31,32)23-10-8-20(3)9-11-23)26(30)27-18-25(29-12-14-33-15-13-29)22-7-5-6-21(4)17-22/h5-11,17,19,24-25,28H,12-16,18H2,1-4H3,(H,27,30). The van der Waals surface area contributed by atoms with Crippen LogP contribution in [-0.2, 0) is 19.6 Å². The highest BCUT2D eigenvalue weighted by atomic mass is 32.2. The summed E-state index contributed by atoms with van der Waals surface area (Å²) in [5.41, 5.74) is 3.26. The second kappa shape index (κ2) is 11.9. The van der Waals surface area contributed by atoms with Crippen LogP contribution in [0.1, 0.15) is 43.0 Å². The Morgan fingerprint density at radius 3 is 2.32 bits per heavy atom. The van der Waals surface area contributed by atoms with Crippen LogP contribution < -0.4 is 10.0 Å². The van der Waals surface area contributed by atoms with Gasteiger partial charge in [-0.25, -0.2) is 8.42 Å². The van der Waals surface area contributed by atoms with E-state index >= 15 is 0 Å². The lowest BCUT2D eigenvalue weighted by Gasteiger charge is -2.35. The molecule has 2 unspecified atom stereocenters. The van der Waals surface area contributed by atoms with Gasteiger partial charge in [0, 0.05) is 19.6 Å². The predicted molar refractivity (Wildman–Crippen MR) is 134 cm³/mol. The Kier molecular flexibility index (Phi) is 9.24. The molecular weight excluding hydrogens is 450 g/mol. The van der Waals surface area contributed by atoms with Crippen LogP contribution >= 0.6 is 0 Å². The van der Waals surface area contributed by atoms with Gasteiger partial charge in [0.25, 0.3) is 0 Å². The molecular formula is C26H37N3O4S. The number of carbonyl (C=O) groups excluding carboxylic acids is 1. The molecule has 0 aromatic heterocycles. The Morgan fingerprint density at radius 2 is 1.71 bits per heavy atom. The maximum absolute atomic E-state index is 13.2. The Hall–Kier alpha value is -2.26. The minimum absolute atomic E-state index is 0.0128. The zero-order chi connectivity index (χ0) is 24.7. The number of amides is 1. The average molecular weight is 488 g/mol. The van der Waals surface area contributed by atoms with E-state index in [-0.39, 0.29) is 22.8 Å². The first-order valence-electron chi connectivity index (χ1n) is 11.9. The van der Waals surface area contributed by atoms with Gasteiger partial charge < -0.3 is 10.1 Å². The molecule has 7 nitrogen and oxygen atoms in total. The molecule has 1 saturated heterocycles. The molecule has 2 atom stereocenters. The van der Waals surface area contributed by atoms with Gasteiger partial charge in [0.1, 0.15) is 6.04 Å². The number of benzene rings is 2. The zero-order valence-corrected chi connectivity index (χ0v) is 21.4. The quantitative estimate of drug-likeness (QED) is 0.537. The summed E-state index contributed by atoms with van der Waals surface area (Å²) in [6.07, 6.45) is 0.406. The van der Waals surface area contributed by atoms with Crippen molar-refractivity contribution in [2.45, 2.75) is 51.1 Å². The number of nitrogens with one attached hydrogen (secondary N) is 2.